The first kappa shape index (κ1) is 49.1. The molecule has 0 bridgehead atoms. The van der Waals surface area contributed by atoms with E-state index in [1.165, 1.54) is 29.0 Å². The van der Waals surface area contributed by atoms with Crippen LogP contribution in [-0.4, -0.2) is 108 Å². The lowest BCUT2D eigenvalue weighted by atomic mass is 9.59. The van der Waals surface area contributed by atoms with Gasteiger partial charge in [-0.3, -0.25) is 29.7 Å². The lowest BCUT2D eigenvalue weighted by Crippen LogP contribution is -2.60. The van der Waals surface area contributed by atoms with Crippen LogP contribution in [0.25, 0.3) is 11.0 Å². The summed E-state index contributed by atoms with van der Waals surface area (Å²) in [5.41, 5.74) is 2.09. The summed E-state index contributed by atoms with van der Waals surface area (Å²) < 4.78 is 72.8. The largest absolute Gasteiger partial charge is 0.455 e. The summed E-state index contributed by atoms with van der Waals surface area (Å²) in [5.74, 6) is -1.48. The van der Waals surface area contributed by atoms with Gasteiger partial charge in [-0.2, -0.15) is 0 Å². The SMILES string of the molecule is CC(C)c1ccccc1[C@@H]1CN(Cc2ccncc2)CCN1C1CC2(CCN(c3cc(Oc4cnc5[nH]ccc5c4)c(C(=O)NS(=O)(=O)c4ccc(NCC5(F)CCOCC5)c([N+](=O)[O-])c4)cc3F)CC2)C1. The van der Waals surface area contributed by atoms with E-state index in [1.54, 1.807) is 18.3 Å². The van der Waals surface area contributed by atoms with E-state index in [9.17, 15) is 23.3 Å². The van der Waals surface area contributed by atoms with Crippen LogP contribution >= 0.6 is 0 Å². The average molecular weight is 1000 g/mol. The number of carbonyl (C=O) groups is 1. The first-order chi connectivity index (χ1) is 34.6. The highest BCUT2D eigenvalue weighted by Crippen LogP contribution is 2.53. The number of piperazine rings is 1. The molecule has 6 heterocycles. The molecule has 16 nitrogen and oxygen atoms in total. The van der Waals surface area contributed by atoms with Crippen LogP contribution in [0.3, 0.4) is 0 Å². The van der Waals surface area contributed by atoms with Gasteiger partial charge < -0.3 is 24.7 Å². The zero-order valence-corrected chi connectivity index (χ0v) is 41.2. The maximum atomic E-state index is 16.5. The average Bonchev–Trinajstić information content (AvgIpc) is 3.84. The number of aromatic amines is 1. The van der Waals surface area contributed by atoms with Crippen LogP contribution in [0, 0.1) is 21.3 Å². The van der Waals surface area contributed by atoms with Crippen molar-refractivity contribution in [1.29, 1.82) is 0 Å². The third kappa shape index (κ3) is 10.4. The quantitative estimate of drug-likeness (QED) is 0.0653. The monoisotopic (exact) mass is 1000 g/mol. The number of carbonyl (C=O) groups excluding carboxylic acids is 1. The van der Waals surface area contributed by atoms with E-state index < -0.39 is 48.5 Å². The Kier molecular flexibility index (Phi) is 13.7. The molecule has 1 aliphatic carbocycles. The van der Waals surface area contributed by atoms with E-state index >= 15 is 8.78 Å². The van der Waals surface area contributed by atoms with E-state index in [2.05, 4.69) is 80.3 Å². The second kappa shape index (κ2) is 20.2. The summed E-state index contributed by atoms with van der Waals surface area (Å²) in [7, 11) is -4.78. The maximum absolute atomic E-state index is 16.5. The highest BCUT2D eigenvalue weighted by molar-refractivity contribution is 7.90. The summed E-state index contributed by atoms with van der Waals surface area (Å²) in [4.78, 5) is 43.6. The number of ether oxygens (including phenoxy) is 2. The van der Waals surface area contributed by atoms with Gasteiger partial charge in [0.25, 0.3) is 21.6 Å². The van der Waals surface area contributed by atoms with Crippen molar-refractivity contribution in [3.8, 4) is 11.5 Å². The van der Waals surface area contributed by atoms with Gasteiger partial charge in [-0.1, -0.05) is 38.1 Å². The molecule has 1 amide bonds. The molecular weight excluding hydrogens is 945 g/mol. The minimum absolute atomic E-state index is 0.0965. The molecule has 3 aliphatic heterocycles. The normalized spacial score (nSPS) is 19.6. The number of hydrogen-bond donors (Lipinski definition) is 3. The van der Waals surface area contributed by atoms with E-state index in [4.69, 9.17) is 9.47 Å². The molecule has 4 aliphatic rings. The van der Waals surface area contributed by atoms with Crippen molar-refractivity contribution in [2.24, 2.45) is 5.41 Å². The van der Waals surface area contributed by atoms with Gasteiger partial charge in [-0.25, -0.2) is 26.9 Å². The maximum Gasteiger partial charge on any atom is 0.293 e. The summed E-state index contributed by atoms with van der Waals surface area (Å²) in [6.45, 7) is 9.52. The molecule has 1 saturated carbocycles. The number of nitro groups is 1. The Hall–Kier alpha value is -6.54. The van der Waals surface area contributed by atoms with Crippen LogP contribution in [-0.2, 0) is 21.3 Å². The van der Waals surface area contributed by atoms with Gasteiger partial charge >= 0.3 is 0 Å². The Labute approximate surface area is 417 Å². The molecule has 3 saturated heterocycles. The van der Waals surface area contributed by atoms with Crippen LogP contribution in [0.2, 0.25) is 0 Å². The van der Waals surface area contributed by atoms with Gasteiger partial charge in [0.15, 0.2) is 0 Å². The predicted molar refractivity (Wildman–Crippen MR) is 269 cm³/mol. The number of piperidine rings is 1. The van der Waals surface area contributed by atoms with Crippen LogP contribution in [0.4, 0.5) is 25.8 Å². The molecule has 1 atom stereocenters. The molecule has 6 aromatic rings. The molecule has 3 aromatic heterocycles. The minimum Gasteiger partial charge on any atom is -0.455 e. The molecule has 19 heteroatoms. The number of sulfonamides is 1. The number of rotatable bonds is 15. The van der Waals surface area contributed by atoms with Crippen molar-refractivity contribution in [3.05, 3.63) is 142 Å². The lowest BCUT2D eigenvalue weighted by molar-refractivity contribution is -0.384. The molecule has 0 unspecified atom stereocenters. The third-order valence-corrected chi connectivity index (χ3v) is 16.5. The van der Waals surface area contributed by atoms with Crippen molar-refractivity contribution in [2.75, 3.05) is 62.7 Å². The van der Waals surface area contributed by atoms with Gasteiger partial charge in [0.05, 0.1) is 27.3 Å². The van der Waals surface area contributed by atoms with Gasteiger partial charge in [0, 0.05) is 120 Å². The van der Waals surface area contributed by atoms with Gasteiger partial charge in [-0.15, -0.1) is 0 Å². The lowest BCUT2D eigenvalue weighted by Gasteiger charge is -2.58. The Morgan fingerprint density at radius 1 is 0.986 bits per heavy atom. The number of H-pyrrole nitrogens is 1. The number of hydrogen-bond acceptors (Lipinski definition) is 13. The van der Waals surface area contributed by atoms with E-state index in [1.807, 2.05) is 22.0 Å². The van der Waals surface area contributed by atoms with Crippen LogP contribution in [0.1, 0.15) is 91.4 Å². The molecular formula is C53H59F2N9O7S. The Morgan fingerprint density at radius 2 is 1.75 bits per heavy atom. The van der Waals surface area contributed by atoms with Gasteiger partial charge in [0.1, 0.15) is 34.3 Å². The summed E-state index contributed by atoms with van der Waals surface area (Å²) in [6, 6.07) is 22.5. The number of aromatic nitrogens is 3. The van der Waals surface area contributed by atoms with Crippen molar-refractivity contribution >= 4 is 44.0 Å². The number of fused-ring (bicyclic) bond motifs is 1. The standard InChI is InChI=1S/C53H59F2N9O7S/c1-35(2)41-5-3-4-6-42(41)48-33-61(32-36-9-16-56-17-10-36)21-22-63(48)38-29-52(30-38)12-19-62(20-13-52)46-28-49(71-39-25-37-11-18-57-50(37)58-31-39)43(27-44(46)54)51(65)60-72(68,69)40-7-8-45(47(26-40)64(66)67)59-34-53(55)14-23-70-24-15-53/h3-11,16-18,25-28,31,35,38,48,59H,12-15,19-24,29-30,32-34H2,1-2H3,(H,57,58)(H,60,65)/t48-/m0/s1. The number of halogens is 2. The number of alkyl halides is 1. The Morgan fingerprint density at radius 3 is 2.50 bits per heavy atom. The van der Waals surface area contributed by atoms with Crippen LogP contribution < -0.4 is 19.7 Å². The zero-order chi connectivity index (χ0) is 50.2. The fraction of sp³-hybridized carbons (Fsp3) is 0.415. The topological polar surface area (TPSA) is 188 Å². The molecule has 3 aromatic carbocycles. The number of anilines is 2. The molecule has 3 N–H and O–H groups in total. The number of nitrogens with one attached hydrogen (secondary N) is 3. The summed E-state index contributed by atoms with van der Waals surface area (Å²) >= 11 is 0. The summed E-state index contributed by atoms with van der Waals surface area (Å²) in [5, 5.41) is 15.6. The zero-order valence-electron chi connectivity index (χ0n) is 40.4. The Balaban J connectivity index is 0.856. The number of amides is 1. The number of nitrogens with zero attached hydrogens (tertiary/aromatic N) is 6. The molecule has 4 fully saturated rings. The highest BCUT2D eigenvalue weighted by Gasteiger charge is 2.50. The van der Waals surface area contributed by atoms with Gasteiger partial charge in [0.2, 0.25) is 0 Å². The molecule has 378 valence electrons. The van der Waals surface area contributed by atoms with Crippen molar-refractivity contribution < 1.29 is 36.4 Å². The number of pyridine rings is 2. The van der Waals surface area contributed by atoms with Crippen molar-refractivity contribution in [3.63, 3.8) is 0 Å². The first-order valence-corrected chi connectivity index (χ1v) is 26.1. The van der Waals surface area contributed by atoms with E-state index in [0.29, 0.717) is 36.1 Å². The summed E-state index contributed by atoms with van der Waals surface area (Å²) in [6.07, 6.45) is 10.8. The fourth-order valence-electron chi connectivity index (χ4n) is 11.1. The highest BCUT2D eigenvalue weighted by atomic mass is 32.2. The van der Waals surface area contributed by atoms with Crippen LogP contribution in [0.5, 0.6) is 11.5 Å². The molecule has 72 heavy (non-hydrogen) atoms. The van der Waals surface area contributed by atoms with E-state index in [-0.39, 0.29) is 66.9 Å². The molecule has 1 spiro atoms. The minimum atomic E-state index is -4.78. The van der Waals surface area contributed by atoms with E-state index in [0.717, 1.165) is 76.1 Å². The first-order valence-electron chi connectivity index (χ1n) is 24.7. The predicted octanol–water partition coefficient (Wildman–Crippen LogP) is 9.28. The van der Waals surface area contributed by atoms with Gasteiger partial charge in [-0.05, 0) is 96.2 Å². The number of benzene rings is 3. The van der Waals surface area contributed by atoms with Crippen molar-refractivity contribution in [1.82, 2.24) is 29.5 Å². The second-order valence-electron chi connectivity index (χ2n) is 20.2. The van der Waals surface area contributed by atoms with Crippen LogP contribution in [0.15, 0.2) is 109 Å². The second-order valence-corrected chi connectivity index (χ2v) is 21.8. The fourth-order valence-corrected chi connectivity index (χ4v) is 12.1. The third-order valence-electron chi connectivity index (χ3n) is 15.2. The molecule has 0 radical (unpaired) electrons. The Bertz CT molecular complexity index is 3060. The molecule has 10 rings (SSSR count). The van der Waals surface area contributed by atoms with Crippen molar-refractivity contribution in [2.45, 2.75) is 87.5 Å². The number of nitro benzene ring substituents is 1. The smallest absolute Gasteiger partial charge is 0.293 e.